The van der Waals surface area contributed by atoms with Gasteiger partial charge in [-0.25, -0.2) is 0 Å². The lowest BCUT2D eigenvalue weighted by Crippen LogP contribution is -2.39. The molecule has 134 valence electrons. The van der Waals surface area contributed by atoms with E-state index in [1.54, 1.807) is 0 Å². The highest BCUT2D eigenvalue weighted by Gasteiger charge is 2.31. The van der Waals surface area contributed by atoms with Crippen molar-refractivity contribution in [2.24, 2.45) is 5.41 Å². The first-order chi connectivity index (χ1) is 11.6. The fourth-order valence-electron chi connectivity index (χ4n) is 3.95. The van der Waals surface area contributed by atoms with E-state index in [4.69, 9.17) is 4.74 Å². The first-order valence-corrected chi connectivity index (χ1v) is 9.39. The Bertz CT molecular complexity index is 488. The van der Waals surface area contributed by atoms with Gasteiger partial charge in [0, 0.05) is 38.9 Å². The highest BCUT2D eigenvalue weighted by atomic mass is 16.5. The summed E-state index contributed by atoms with van der Waals surface area (Å²) in [7, 11) is 0. The molecule has 24 heavy (non-hydrogen) atoms. The van der Waals surface area contributed by atoms with Crippen LogP contribution in [0, 0.1) is 5.41 Å². The molecule has 1 aromatic rings. The van der Waals surface area contributed by atoms with Crippen LogP contribution in [0.3, 0.4) is 0 Å². The van der Waals surface area contributed by atoms with Gasteiger partial charge in [0.15, 0.2) is 0 Å². The van der Waals surface area contributed by atoms with Crippen LogP contribution in [0.15, 0.2) is 30.3 Å². The van der Waals surface area contributed by atoms with Crippen molar-refractivity contribution in [2.75, 3.05) is 32.8 Å². The van der Waals surface area contributed by atoms with Crippen molar-refractivity contribution in [2.45, 2.75) is 51.3 Å². The van der Waals surface area contributed by atoms with E-state index in [0.29, 0.717) is 11.5 Å². The monoisotopic (exact) mass is 332 g/mol. The molecule has 2 heterocycles. The van der Waals surface area contributed by atoms with Crippen LogP contribution in [-0.2, 0) is 11.3 Å². The Balaban J connectivity index is 1.43. The van der Waals surface area contributed by atoms with E-state index < -0.39 is 0 Å². The van der Waals surface area contributed by atoms with Crippen LogP contribution in [0.2, 0.25) is 0 Å². The summed E-state index contributed by atoms with van der Waals surface area (Å²) >= 11 is 0. The Hall–Kier alpha value is -0.940. The molecular formula is C20H32N2O2. The summed E-state index contributed by atoms with van der Waals surface area (Å²) in [6.07, 6.45) is 4.26. The second-order valence-corrected chi connectivity index (χ2v) is 7.84. The molecule has 2 aliphatic rings. The molecule has 1 aromatic carbocycles. The van der Waals surface area contributed by atoms with Gasteiger partial charge in [-0.3, -0.25) is 4.90 Å². The molecule has 0 aromatic heterocycles. The third-order valence-electron chi connectivity index (χ3n) is 5.72. The molecule has 0 bridgehead atoms. The molecule has 0 saturated carbocycles. The number of nitrogens with zero attached hydrogens (tertiary/aromatic N) is 1. The van der Waals surface area contributed by atoms with Gasteiger partial charge in [-0.05, 0) is 43.2 Å². The number of hydrogen-bond acceptors (Lipinski definition) is 4. The molecular weight excluding hydrogens is 300 g/mol. The second kappa shape index (κ2) is 8.43. The van der Waals surface area contributed by atoms with Crippen LogP contribution in [-0.4, -0.2) is 55.0 Å². The average Bonchev–Trinajstić information content (AvgIpc) is 2.93. The lowest BCUT2D eigenvalue weighted by molar-refractivity contribution is 0.0198. The van der Waals surface area contributed by atoms with E-state index in [1.807, 2.05) is 0 Å². The van der Waals surface area contributed by atoms with Gasteiger partial charge in [0.1, 0.15) is 0 Å². The zero-order valence-electron chi connectivity index (χ0n) is 14.9. The number of aliphatic hydroxyl groups is 1. The average molecular weight is 332 g/mol. The highest BCUT2D eigenvalue weighted by Crippen LogP contribution is 2.32. The van der Waals surface area contributed by atoms with Gasteiger partial charge in [0.2, 0.25) is 0 Å². The highest BCUT2D eigenvalue weighted by molar-refractivity contribution is 5.15. The maximum atomic E-state index is 10.1. The fourth-order valence-corrected chi connectivity index (χ4v) is 3.95. The minimum atomic E-state index is -0.187. The van der Waals surface area contributed by atoms with Crippen molar-refractivity contribution >= 4 is 0 Å². The lowest BCUT2D eigenvalue weighted by atomic mass is 9.79. The zero-order valence-corrected chi connectivity index (χ0v) is 14.9. The summed E-state index contributed by atoms with van der Waals surface area (Å²) < 4.78 is 5.48. The molecule has 0 radical (unpaired) electrons. The predicted molar refractivity (Wildman–Crippen MR) is 96.9 cm³/mol. The molecule has 0 amide bonds. The Morgan fingerprint density at radius 2 is 2.00 bits per heavy atom. The summed E-state index contributed by atoms with van der Waals surface area (Å²) in [6.45, 7) is 7.96. The standard InChI is InChI=1S/C20H32N2O2/c1-20(8-11-24-12-9-20)7-10-21-14-18-13-19(23)16-22(18)15-17-5-3-2-4-6-17/h2-6,18-19,21,23H,7-16H2,1H3/t18-,19-/m1/s1. The van der Waals surface area contributed by atoms with E-state index >= 15 is 0 Å². The topological polar surface area (TPSA) is 44.7 Å². The summed E-state index contributed by atoms with van der Waals surface area (Å²) in [6, 6.07) is 11.0. The van der Waals surface area contributed by atoms with E-state index in [1.165, 1.54) is 24.8 Å². The normalized spacial score (nSPS) is 27.4. The third kappa shape index (κ3) is 5.03. The van der Waals surface area contributed by atoms with E-state index in [9.17, 15) is 5.11 Å². The number of hydrogen-bond donors (Lipinski definition) is 2. The van der Waals surface area contributed by atoms with Gasteiger partial charge in [-0.2, -0.15) is 0 Å². The van der Waals surface area contributed by atoms with Crippen molar-refractivity contribution in [1.29, 1.82) is 0 Å². The number of aliphatic hydroxyl groups excluding tert-OH is 1. The van der Waals surface area contributed by atoms with Crippen molar-refractivity contribution in [1.82, 2.24) is 10.2 Å². The summed E-state index contributed by atoms with van der Waals surface area (Å²) in [5.74, 6) is 0. The number of nitrogens with one attached hydrogen (secondary N) is 1. The third-order valence-corrected chi connectivity index (χ3v) is 5.72. The summed E-state index contributed by atoms with van der Waals surface area (Å²) in [5, 5.41) is 13.7. The van der Waals surface area contributed by atoms with E-state index in [-0.39, 0.29) is 6.10 Å². The molecule has 4 nitrogen and oxygen atoms in total. The zero-order chi connectivity index (χ0) is 16.8. The number of benzene rings is 1. The van der Waals surface area contributed by atoms with E-state index in [0.717, 1.165) is 45.8 Å². The minimum Gasteiger partial charge on any atom is -0.392 e. The quantitative estimate of drug-likeness (QED) is 0.753. The summed E-state index contributed by atoms with van der Waals surface area (Å²) in [4.78, 5) is 2.42. The van der Waals surface area contributed by atoms with Crippen LogP contribution < -0.4 is 5.32 Å². The van der Waals surface area contributed by atoms with Gasteiger partial charge < -0.3 is 15.2 Å². The Kier molecular flexibility index (Phi) is 6.28. The van der Waals surface area contributed by atoms with Gasteiger partial charge >= 0.3 is 0 Å². The smallest absolute Gasteiger partial charge is 0.0682 e. The van der Waals surface area contributed by atoms with Crippen LogP contribution >= 0.6 is 0 Å². The van der Waals surface area contributed by atoms with Crippen molar-refractivity contribution in [3.05, 3.63) is 35.9 Å². The summed E-state index contributed by atoms with van der Waals surface area (Å²) in [5.41, 5.74) is 1.76. The molecule has 2 saturated heterocycles. The number of β-amino-alcohol motifs (C(OH)–C–C–N with tert-alkyl or cyclic N) is 1. The maximum Gasteiger partial charge on any atom is 0.0682 e. The minimum absolute atomic E-state index is 0.187. The van der Waals surface area contributed by atoms with Gasteiger partial charge in [-0.15, -0.1) is 0 Å². The van der Waals surface area contributed by atoms with Crippen molar-refractivity contribution < 1.29 is 9.84 Å². The predicted octanol–water partition coefficient (Wildman–Crippen LogP) is 2.42. The van der Waals surface area contributed by atoms with Crippen molar-refractivity contribution in [3.8, 4) is 0 Å². The SMILES string of the molecule is CC1(CCNC[C@H]2C[C@@H](O)CN2Cc2ccccc2)CCOCC1. The van der Waals surface area contributed by atoms with Crippen LogP contribution in [0.25, 0.3) is 0 Å². The second-order valence-electron chi connectivity index (χ2n) is 7.84. The number of likely N-dealkylation sites (tertiary alicyclic amines) is 1. The Labute approximate surface area is 146 Å². The molecule has 0 spiro atoms. The molecule has 3 rings (SSSR count). The molecule has 0 aliphatic carbocycles. The molecule has 2 aliphatic heterocycles. The number of rotatable bonds is 7. The van der Waals surface area contributed by atoms with Crippen molar-refractivity contribution in [3.63, 3.8) is 0 Å². The molecule has 2 N–H and O–H groups in total. The largest absolute Gasteiger partial charge is 0.392 e. The Morgan fingerprint density at radius 1 is 1.25 bits per heavy atom. The molecule has 0 unspecified atom stereocenters. The molecule has 4 heteroatoms. The van der Waals surface area contributed by atoms with E-state index in [2.05, 4.69) is 47.5 Å². The Morgan fingerprint density at radius 3 is 2.75 bits per heavy atom. The van der Waals surface area contributed by atoms with Gasteiger partial charge in [0.25, 0.3) is 0 Å². The molecule has 2 atom stereocenters. The molecule has 2 fully saturated rings. The van der Waals surface area contributed by atoms with Crippen LogP contribution in [0.5, 0.6) is 0 Å². The van der Waals surface area contributed by atoms with Crippen LogP contribution in [0.1, 0.15) is 38.2 Å². The first-order valence-electron chi connectivity index (χ1n) is 9.39. The maximum absolute atomic E-state index is 10.1. The van der Waals surface area contributed by atoms with Gasteiger partial charge in [0.05, 0.1) is 6.10 Å². The lowest BCUT2D eigenvalue weighted by Gasteiger charge is -2.34. The number of ether oxygens (including phenoxy) is 1. The van der Waals surface area contributed by atoms with Gasteiger partial charge in [-0.1, -0.05) is 37.3 Å². The first kappa shape index (κ1) is 17.9. The van der Waals surface area contributed by atoms with Crippen LogP contribution in [0.4, 0.5) is 0 Å². The fraction of sp³-hybridized carbons (Fsp3) is 0.700.